The van der Waals surface area contributed by atoms with E-state index in [1.54, 1.807) is 0 Å². The standard InChI is InChI=1S/C18H24N4O2/c1-4-15-16(20-9-11-21(12-10-20)18(23)24)7-8-17(19-15)22-13(2)5-6-14(22)3/h5-8H,4,9-12H2,1-3H3,(H,23,24). The quantitative estimate of drug-likeness (QED) is 0.941. The van der Waals surface area contributed by atoms with Crippen molar-refractivity contribution in [3.63, 3.8) is 0 Å². The van der Waals surface area contributed by atoms with E-state index in [0.717, 1.165) is 23.6 Å². The molecule has 128 valence electrons. The monoisotopic (exact) mass is 328 g/mol. The maximum absolute atomic E-state index is 11.1. The number of amides is 1. The van der Waals surface area contributed by atoms with E-state index >= 15 is 0 Å². The number of carbonyl (C=O) groups is 1. The van der Waals surface area contributed by atoms with E-state index in [9.17, 15) is 4.79 Å². The van der Waals surface area contributed by atoms with Gasteiger partial charge in [-0.05, 0) is 44.5 Å². The van der Waals surface area contributed by atoms with Crippen LogP contribution in [0.25, 0.3) is 5.82 Å². The highest BCUT2D eigenvalue weighted by Gasteiger charge is 2.22. The molecule has 0 spiro atoms. The van der Waals surface area contributed by atoms with Crippen LogP contribution in [-0.2, 0) is 6.42 Å². The molecule has 2 aromatic heterocycles. The zero-order chi connectivity index (χ0) is 17.3. The predicted molar refractivity (Wildman–Crippen MR) is 94.2 cm³/mol. The maximum Gasteiger partial charge on any atom is 0.407 e. The Morgan fingerprint density at radius 3 is 2.25 bits per heavy atom. The molecule has 6 nitrogen and oxygen atoms in total. The van der Waals surface area contributed by atoms with E-state index in [2.05, 4.69) is 54.5 Å². The van der Waals surface area contributed by atoms with Crippen molar-refractivity contribution in [2.24, 2.45) is 0 Å². The van der Waals surface area contributed by atoms with Crippen LogP contribution in [0, 0.1) is 13.8 Å². The molecule has 2 aromatic rings. The van der Waals surface area contributed by atoms with E-state index < -0.39 is 6.09 Å². The lowest BCUT2D eigenvalue weighted by Gasteiger charge is -2.35. The fraction of sp³-hybridized carbons (Fsp3) is 0.444. The molecular weight excluding hydrogens is 304 g/mol. The third-order valence-electron chi connectivity index (χ3n) is 4.66. The number of aromatic nitrogens is 2. The normalized spacial score (nSPS) is 15.0. The number of pyridine rings is 1. The molecular formula is C18H24N4O2. The molecule has 6 heteroatoms. The van der Waals surface area contributed by atoms with Crippen LogP contribution in [0.15, 0.2) is 24.3 Å². The topological polar surface area (TPSA) is 61.6 Å². The van der Waals surface area contributed by atoms with Crippen LogP contribution in [0.5, 0.6) is 0 Å². The molecule has 3 heterocycles. The summed E-state index contributed by atoms with van der Waals surface area (Å²) in [4.78, 5) is 19.6. The van der Waals surface area contributed by atoms with Gasteiger partial charge in [-0.2, -0.15) is 0 Å². The second-order valence-electron chi connectivity index (χ2n) is 6.20. The van der Waals surface area contributed by atoms with E-state index in [-0.39, 0.29) is 0 Å². The summed E-state index contributed by atoms with van der Waals surface area (Å²) in [6.07, 6.45) is 0.0131. The molecule has 0 unspecified atom stereocenters. The van der Waals surface area contributed by atoms with Crippen LogP contribution in [-0.4, -0.2) is 51.8 Å². The summed E-state index contributed by atoms with van der Waals surface area (Å²) < 4.78 is 2.16. The molecule has 0 atom stereocenters. The second kappa shape index (κ2) is 6.55. The third kappa shape index (κ3) is 2.96. The Balaban J connectivity index is 1.87. The van der Waals surface area contributed by atoms with Crippen molar-refractivity contribution in [1.29, 1.82) is 0 Å². The fourth-order valence-electron chi connectivity index (χ4n) is 3.32. The highest BCUT2D eigenvalue weighted by atomic mass is 16.4. The first-order valence-corrected chi connectivity index (χ1v) is 8.39. The average molecular weight is 328 g/mol. The molecule has 0 radical (unpaired) electrons. The first-order valence-electron chi connectivity index (χ1n) is 8.39. The number of hydrogen-bond acceptors (Lipinski definition) is 3. The van der Waals surface area contributed by atoms with Crippen molar-refractivity contribution in [1.82, 2.24) is 14.5 Å². The summed E-state index contributed by atoms with van der Waals surface area (Å²) in [5.74, 6) is 0.944. The molecule has 1 aliphatic rings. The largest absolute Gasteiger partial charge is 0.465 e. The van der Waals surface area contributed by atoms with Gasteiger partial charge in [-0.3, -0.25) is 0 Å². The van der Waals surface area contributed by atoms with Gasteiger partial charge in [0.1, 0.15) is 5.82 Å². The number of aryl methyl sites for hydroxylation is 3. The zero-order valence-corrected chi connectivity index (χ0v) is 14.5. The van der Waals surface area contributed by atoms with Gasteiger partial charge in [-0.1, -0.05) is 6.92 Å². The highest BCUT2D eigenvalue weighted by molar-refractivity contribution is 5.65. The van der Waals surface area contributed by atoms with Crippen molar-refractivity contribution in [2.45, 2.75) is 27.2 Å². The van der Waals surface area contributed by atoms with Gasteiger partial charge < -0.3 is 19.5 Å². The number of rotatable bonds is 3. The van der Waals surface area contributed by atoms with Crippen LogP contribution in [0.2, 0.25) is 0 Å². The van der Waals surface area contributed by atoms with Gasteiger partial charge >= 0.3 is 6.09 Å². The molecule has 1 saturated heterocycles. The van der Waals surface area contributed by atoms with Crippen molar-refractivity contribution in [2.75, 3.05) is 31.1 Å². The lowest BCUT2D eigenvalue weighted by Crippen LogP contribution is -2.48. The Labute approximate surface area is 142 Å². The minimum Gasteiger partial charge on any atom is -0.465 e. The number of anilines is 1. The van der Waals surface area contributed by atoms with Crippen molar-refractivity contribution in [3.05, 3.63) is 41.3 Å². The molecule has 0 saturated carbocycles. The van der Waals surface area contributed by atoms with Gasteiger partial charge in [0, 0.05) is 37.6 Å². The Morgan fingerprint density at radius 1 is 1.08 bits per heavy atom. The van der Waals surface area contributed by atoms with Gasteiger partial charge in [0.2, 0.25) is 0 Å². The Hall–Kier alpha value is -2.50. The van der Waals surface area contributed by atoms with Gasteiger partial charge in [-0.25, -0.2) is 9.78 Å². The van der Waals surface area contributed by atoms with Crippen LogP contribution >= 0.6 is 0 Å². The summed E-state index contributed by atoms with van der Waals surface area (Å²) in [5, 5.41) is 9.08. The van der Waals surface area contributed by atoms with Gasteiger partial charge in [0.15, 0.2) is 0 Å². The Kier molecular flexibility index (Phi) is 4.46. The Morgan fingerprint density at radius 2 is 1.71 bits per heavy atom. The molecule has 1 fully saturated rings. The molecule has 1 aliphatic heterocycles. The van der Waals surface area contributed by atoms with Crippen LogP contribution in [0.1, 0.15) is 24.0 Å². The van der Waals surface area contributed by atoms with E-state index in [4.69, 9.17) is 10.1 Å². The fourth-order valence-corrected chi connectivity index (χ4v) is 3.32. The van der Waals surface area contributed by atoms with Crippen LogP contribution in [0.4, 0.5) is 10.5 Å². The summed E-state index contributed by atoms with van der Waals surface area (Å²) in [6, 6.07) is 8.37. The van der Waals surface area contributed by atoms with Gasteiger partial charge in [-0.15, -0.1) is 0 Å². The van der Waals surface area contributed by atoms with Crippen molar-refractivity contribution < 1.29 is 9.90 Å². The third-order valence-corrected chi connectivity index (χ3v) is 4.66. The number of hydrogen-bond donors (Lipinski definition) is 1. The first kappa shape index (κ1) is 16.4. The smallest absolute Gasteiger partial charge is 0.407 e. The molecule has 24 heavy (non-hydrogen) atoms. The van der Waals surface area contributed by atoms with Crippen LogP contribution < -0.4 is 4.90 Å². The molecule has 0 aliphatic carbocycles. The average Bonchev–Trinajstić information content (AvgIpc) is 2.93. The molecule has 0 bridgehead atoms. The molecule has 0 aromatic carbocycles. The maximum atomic E-state index is 11.1. The van der Waals surface area contributed by atoms with E-state index in [0.29, 0.717) is 26.2 Å². The van der Waals surface area contributed by atoms with Crippen LogP contribution in [0.3, 0.4) is 0 Å². The zero-order valence-electron chi connectivity index (χ0n) is 14.5. The number of carboxylic acid groups (broad SMARTS) is 1. The summed E-state index contributed by atoms with van der Waals surface area (Å²) >= 11 is 0. The predicted octanol–water partition coefficient (Wildman–Crippen LogP) is 2.85. The Bertz CT molecular complexity index is 726. The summed E-state index contributed by atoms with van der Waals surface area (Å²) in [5.41, 5.74) is 4.52. The van der Waals surface area contributed by atoms with E-state index in [1.165, 1.54) is 16.3 Å². The lowest BCUT2D eigenvalue weighted by atomic mass is 10.2. The van der Waals surface area contributed by atoms with Crippen molar-refractivity contribution >= 4 is 11.8 Å². The minimum atomic E-state index is -0.836. The number of nitrogens with zero attached hydrogens (tertiary/aromatic N) is 4. The SMILES string of the molecule is CCc1nc(-n2c(C)ccc2C)ccc1N1CCN(C(=O)O)CC1. The molecule has 3 rings (SSSR count). The first-order chi connectivity index (χ1) is 11.5. The minimum absolute atomic E-state index is 0.538. The molecule has 1 N–H and O–H groups in total. The summed E-state index contributed by atoms with van der Waals surface area (Å²) in [6.45, 7) is 8.77. The number of piperazine rings is 1. The van der Waals surface area contributed by atoms with Gasteiger partial charge in [0.25, 0.3) is 0 Å². The van der Waals surface area contributed by atoms with Gasteiger partial charge in [0.05, 0.1) is 11.4 Å². The van der Waals surface area contributed by atoms with Crippen molar-refractivity contribution in [3.8, 4) is 5.82 Å². The second-order valence-corrected chi connectivity index (χ2v) is 6.20. The highest BCUT2D eigenvalue weighted by Crippen LogP contribution is 2.24. The summed E-state index contributed by atoms with van der Waals surface area (Å²) in [7, 11) is 0. The lowest BCUT2D eigenvalue weighted by molar-refractivity contribution is 0.142. The van der Waals surface area contributed by atoms with E-state index in [1.807, 2.05) is 0 Å². The molecule has 1 amide bonds.